The van der Waals surface area contributed by atoms with Crippen molar-refractivity contribution in [1.82, 2.24) is 9.88 Å². The standard InChI is InChI=1S/C13H22N4/c1-4-11-9-17(8-7-16(11)3)13-12(14)10(2)5-6-15-13/h5-6,11H,4,7-9,14H2,1-3H3. The highest BCUT2D eigenvalue weighted by atomic mass is 15.3. The van der Waals surface area contributed by atoms with Gasteiger partial charge in [0.25, 0.3) is 0 Å². The van der Waals surface area contributed by atoms with Crippen LogP contribution < -0.4 is 10.6 Å². The number of pyridine rings is 1. The van der Waals surface area contributed by atoms with E-state index in [-0.39, 0.29) is 0 Å². The third-order valence-electron chi connectivity index (χ3n) is 3.73. The van der Waals surface area contributed by atoms with Crippen LogP contribution in [0.15, 0.2) is 12.3 Å². The lowest BCUT2D eigenvalue weighted by molar-refractivity contribution is 0.213. The number of hydrogen-bond acceptors (Lipinski definition) is 4. The molecule has 1 atom stereocenters. The Morgan fingerprint density at radius 2 is 2.24 bits per heavy atom. The van der Waals surface area contributed by atoms with Crippen LogP contribution in [0.2, 0.25) is 0 Å². The van der Waals surface area contributed by atoms with Crippen LogP contribution in [-0.2, 0) is 0 Å². The van der Waals surface area contributed by atoms with Crippen LogP contribution in [-0.4, -0.2) is 42.6 Å². The Kier molecular flexibility index (Phi) is 3.52. The molecule has 4 nitrogen and oxygen atoms in total. The SMILES string of the molecule is CCC1CN(c2nccc(C)c2N)CCN1C. The molecule has 2 N–H and O–H groups in total. The van der Waals surface area contributed by atoms with Crippen molar-refractivity contribution in [2.45, 2.75) is 26.3 Å². The van der Waals surface area contributed by atoms with Crippen molar-refractivity contribution in [2.24, 2.45) is 0 Å². The smallest absolute Gasteiger partial charge is 0.152 e. The van der Waals surface area contributed by atoms with Gasteiger partial charge in [0.15, 0.2) is 5.82 Å². The lowest BCUT2D eigenvalue weighted by Crippen LogP contribution is -2.51. The van der Waals surface area contributed by atoms with Crippen LogP contribution in [0.25, 0.3) is 0 Å². The molecule has 1 fully saturated rings. The Bertz CT molecular complexity index is 391. The number of likely N-dealkylation sites (N-methyl/N-ethyl adjacent to an activating group) is 1. The van der Waals surface area contributed by atoms with Gasteiger partial charge in [0.2, 0.25) is 0 Å². The molecule has 0 bridgehead atoms. The zero-order valence-electron chi connectivity index (χ0n) is 11.0. The normalized spacial score (nSPS) is 21.8. The lowest BCUT2D eigenvalue weighted by atomic mass is 10.1. The van der Waals surface area contributed by atoms with Crippen LogP contribution in [0.4, 0.5) is 11.5 Å². The van der Waals surface area contributed by atoms with E-state index in [1.54, 1.807) is 0 Å². The molecule has 1 aromatic heterocycles. The van der Waals surface area contributed by atoms with Crippen LogP contribution in [0.3, 0.4) is 0 Å². The molecule has 94 valence electrons. The van der Waals surface area contributed by atoms with Gasteiger partial charge >= 0.3 is 0 Å². The van der Waals surface area contributed by atoms with Gasteiger partial charge in [0.05, 0.1) is 5.69 Å². The Morgan fingerprint density at radius 3 is 2.94 bits per heavy atom. The third-order valence-corrected chi connectivity index (χ3v) is 3.73. The van der Waals surface area contributed by atoms with Gasteiger partial charge in [-0.2, -0.15) is 0 Å². The Hall–Kier alpha value is -1.29. The van der Waals surface area contributed by atoms with Crippen LogP contribution in [0.1, 0.15) is 18.9 Å². The van der Waals surface area contributed by atoms with E-state index in [0.717, 1.165) is 36.7 Å². The van der Waals surface area contributed by atoms with Crippen LogP contribution in [0, 0.1) is 6.92 Å². The highest BCUT2D eigenvalue weighted by Crippen LogP contribution is 2.25. The monoisotopic (exact) mass is 234 g/mol. The Morgan fingerprint density at radius 1 is 1.47 bits per heavy atom. The van der Waals surface area contributed by atoms with E-state index in [0.29, 0.717) is 6.04 Å². The number of hydrogen-bond donors (Lipinski definition) is 1. The highest BCUT2D eigenvalue weighted by Gasteiger charge is 2.24. The third kappa shape index (κ3) is 2.36. The number of nitrogens with zero attached hydrogens (tertiary/aromatic N) is 3. The molecule has 1 aliphatic rings. The summed E-state index contributed by atoms with van der Waals surface area (Å²) in [5.74, 6) is 0.955. The van der Waals surface area contributed by atoms with Crippen molar-refractivity contribution < 1.29 is 0 Å². The second-order valence-corrected chi connectivity index (χ2v) is 4.85. The van der Waals surface area contributed by atoms with E-state index < -0.39 is 0 Å². The van der Waals surface area contributed by atoms with Crippen molar-refractivity contribution in [3.8, 4) is 0 Å². The van der Waals surface area contributed by atoms with E-state index >= 15 is 0 Å². The molecule has 0 aliphatic carbocycles. The fourth-order valence-electron chi connectivity index (χ4n) is 2.39. The summed E-state index contributed by atoms with van der Waals surface area (Å²) in [5, 5.41) is 0. The van der Waals surface area contributed by atoms with Crippen molar-refractivity contribution in [3.05, 3.63) is 17.8 Å². The van der Waals surface area contributed by atoms with Gasteiger partial charge < -0.3 is 10.6 Å². The number of nitrogen functional groups attached to an aromatic ring is 1. The van der Waals surface area contributed by atoms with E-state index in [1.165, 1.54) is 6.42 Å². The molecule has 1 unspecified atom stereocenters. The molecule has 4 heteroatoms. The summed E-state index contributed by atoms with van der Waals surface area (Å²) in [6.45, 7) is 7.38. The Labute approximate surface area is 103 Å². The van der Waals surface area contributed by atoms with E-state index in [4.69, 9.17) is 5.73 Å². The predicted octanol–water partition coefficient (Wildman–Crippen LogP) is 1.50. The molecule has 17 heavy (non-hydrogen) atoms. The molecule has 1 aliphatic heterocycles. The minimum Gasteiger partial charge on any atom is -0.396 e. The topological polar surface area (TPSA) is 45.4 Å². The number of aryl methyl sites for hydroxylation is 1. The fraction of sp³-hybridized carbons (Fsp3) is 0.615. The zero-order chi connectivity index (χ0) is 12.4. The maximum atomic E-state index is 6.12. The molecule has 0 aromatic carbocycles. The number of rotatable bonds is 2. The predicted molar refractivity (Wildman–Crippen MR) is 72.3 cm³/mol. The maximum Gasteiger partial charge on any atom is 0.152 e. The van der Waals surface area contributed by atoms with Crippen molar-refractivity contribution in [2.75, 3.05) is 37.3 Å². The molecule has 2 rings (SSSR count). The molecule has 0 amide bonds. The van der Waals surface area contributed by atoms with Gasteiger partial charge in [-0.25, -0.2) is 4.98 Å². The fourth-order valence-corrected chi connectivity index (χ4v) is 2.39. The van der Waals surface area contributed by atoms with Crippen LogP contribution >= 0.6 is 0 Å². The molecular weight excluding hydrogens is 212 g/mol. The van der Waals surface area contributed by atoms with Gasteiger partial charge in [-0.05, 0) is 32.0 Å². The average molecular weight is 234 g/mol. The van der Waals surface area contributed by atoms with Gasteiger partial charge in [0.1, 0.15) is 0 Å². The second-order valence-electron chi connectivity index (χ2n) is 4.85. The minimum absolute atomic E-state index is 0.602. The van der Waals surface area contributed by atoms with E-state index in [2.05, 4.69) is 28.8 Å². The molecule has 1 saturated heterocycles. The van der Waals surface area contributed by atoms with Gasteiger partial charge in [-0.3, -0.25) is 4.90 Å². The van der Waals surface area contributed by atoms with Crippen molar-refractivity contribution >= 4 is 11.5 Å². The summed E-state index contributed by atoms with van der Waals surface area (Å²) in [7, 11) is 2.19. The summed E-state index contributed by atoms with van der Waals surface area (Å²) >= 11 is 0. The lowest BCUT2D eigenvalue weighted by Gasteiger charge is -2.40. The first-order valence-corrected chi connectivity index (χ1v) is 6.29. The van der Waals surface area contributed by atoms with Crippen molar-refractivity contribution in [3.63, 3.8) is 0 Å². The number of aromatic nitrogens is 1. The van der Waals surface area contributed by atoms with E-state index in [9.17, 15) is 0 Å². The summed E-state index contributed by atoms with van der Waals surface area (Å²) in [6.07, 6.45) is 3.01. The summed E-state index contributed by atoms with van der Waals surface area (Å²) in [4.78, 5) is 9.17. The van der Waals surface area contributed by atoms with Gasteiger partial charge in [-0.15, -0.1) is 0 Å². The summed E-state index contributed by atoms with van der Waals surface area (Å²) in [5.41, 5.74) is 8.06. The molecular formula is C13H22N4. The molecule has 2 heterocycles. The zero-order valence-corrected chi connectivity index (χ0v) is 11.0. The molecule has 0 saturated carbocycles. The number of nitrogens with two attached hydrogens (primary N) is 1. The first kappa shape index (κ1) is 12.2. The molecule has 0 spiro atoms. The second kappa shape index (κ2) is 4.92. The maximum absolute atomic E-state index is 6.12. The first-order chi connectivity index (χ1) is 8.13. The summed E-state index contributed by atoms with van der Waals surface area (Å²) in [6, 6.07) is 2.57. The molecule has 0 radical (unpaired) electrons. The first-order valence-electron chi connectivity index (χ1n) is 6.29. The summed E-state index contributed by atoms with van der Waals surface area (Å²) < 4.78 is 0. The quantitative estimate of drug-likeness (QED) is 0.842. The average Bonchev–Trinajstić information content (AvgIpc) is 2.34. The largest absolute Gasteiger partial charge is 0.396 e. The highest BCUT2D eigenvalue weighted by molar-refractivity contribution is 5.66. The van der Waals surface area contributed by atoms with Crippen LogP contribution in [0.5, 0.6) is 0 Å². The number of anilines is 2. The van der Waals surface area contributed by atoms with Crippen molar-refractivity contribution in [1.29, 1.82) is 0 Å². The molecule has 1 aromatic rings. The Balaban J connectivity index is 2.20. The number of piperazine rings is 1. The minimum atomic E-state index is 0.602. The van der Waals surface area contributed by atoms with E-state index in [1.807, 2.05) is 19.2 Å². The van der Waals surface area contributed by atoms with Gasteiger partial charge in [-0.1, -0.05) is 6.92 Å². The van der Waals surface area contributed by atoms with Gasteiger partial charge in [0, 0.05) is 31.9 Å².